The number of aryl methyl sites for hydroxylation is 1. The Kier molecular flexibility index (Phi) is 3.65. The number of benzene rings is 3. The van der Waals surface area contributed by atoms with Gasteiger partial charge in [0.1, 0.15) is 17.1 Å². The molecule has 0 saturated carbocycles. The van der Waals surface area contributed by atoms with Crippen LogP contribution in [-0.4, -0.2) is 10.2 Å². The number of rotatable bonds is 2. The highest BCUT2D eigenvalue weighted by Gasteiger charge is 2.16. The molecule has 4 nitrogen and oxygen atoms in total. The van der Waals surface area contributed by atoms with Crippen molar-refractivity contribution in [3.05, 3.63) is 59.7 Å². The topological polar surface area (TPSA) is 65.2 Å². The standard InChI is InChI=1S/C20H18N2O2/c23-19-15-7-3-1-5-13(15)9-11-17(19)21-22-18-12-10-14-6-2-4-8-16(14)20(18)24/h1,3,5,7,9-12,23-24H,2,4,6,8H2. The molecule has 24 heavy (non-hydrogen) atoms. The van der Waals surface area contributed by atoms with Gasteiger partial charge in [0.05, 0.1) is 0 Å². The van der Waals surface area contributed by atoms with E-state index in [1.54, 1.807) is 12.1 Å². The second-order valence-electron chi connectivity index (χ2n) is 6.13. The van der Waals surface area contributed by atoms with E-state index in [-0.39, 0.29) is 11.5 Å². The molecule has 0 aliphatic heterocycles. The second-order valence-corrected chi connectivity index (χ2v) is 6.13. The zero-order valence-corrected chi connectivity index (χ0v) is 13.2. The second kappa shape index (κ2) is 5.96. The van der Waals surface area contributed by atoms with E-state index in [0.717, 1.165) is 42.0 Å². The molecule has 3 aromatic carbocycles. The molecule has 0 fully saturated rings. The van der Waals surface area contributed by atoms with E-state index in [4.69, 9.17) is 0 Å². The molecular weight excluding hydrogens is 300 g/mol. The number of fused-ring (bicyclic) bond motifs is 2. The number of phenols is 2. The Bertz CT molecular complexity index is 948. The molecule has 0 bridgehead atoms. The van der Waals surface area contributed by atoms with Gasteiger partial charge in [-0.15, -0.1) is 10.2 Å². The molecule has 0 spiro atoms. The molecule has 0 aromatic heterocycles. The van der Waals surface area contributed by atoms with Crippen LogP contribution in [0.3, 0.4) is 0 Å². The lowest BCUT2D eigenvalue weighted by Gasteiger charge is -2.17. The maximum absolute atomic E-state index is 10.4. The molecule has 4 heteroatoms. The van der Waals surface area contributed by atoms with Crippen LogP contribution in [0.4, 0.5) is 11.4 Å². The van der Waals surface area contributed by atoms with Gasteiger partial charge in [0.15, 0.2) is 5.75 Å². The summed E-state index contributed by atoms with van der Waals surface area (Å²) in [6.07, 6.45) is 4.14. The zero-order valence-electron chi connectivity index (χ0n) is 13.2. The van der Waals surface area contributed by atoms with E-state index in [1.165, 1.54) is 5.56 Å². The van der Waals surface area contributed by atoms with Gasteiger partial charge in [0.2, 0.25) is 0 Å². The van der Waals surface area contributed by atoms with Crippen molar-refractivity contribution in [1.29, 1.82) is 0 Å². The number of aromatic hydroxyl groups is 2. The maximum Gasteiger partial charge on any atom is 0.150 e. The molecule has 1 aliphatic carbocycles. The molecule has 0 heterocycles. The Labute approximate surface area is 140 Å². The Balaban J connectivity index is 1.72. The summed E-state index contributed by atoms with van der Waals surface area (Å²) in [7, 11) is 0. The summed E-state index contributed by atoms with van der Waals surface area (Å²) in [4.78, 5) is 0. The molecule has 0 amide bonds. The third-order valence-corrected chi connectivity index (χ3v) is 4.63. The normalized spacial score (nSPS) is 14.2. The number of azo groups is 1. The van der Waals surface area contributed by atoms with Crippen LogP contribution in [0.5, 0.6) is 11.5 Å². The summed E-state index contributed by atoms with van der Waals surface area (Å²) in [5.74, 6) is 0.325. The van der Waals surface area contributed by atoms with E-state index >= 15 is 0 Å². The smallest absolute Gasteiger partial charge is 0.150 e. The molecule has 2 N–H and O–H groups in total. The van der Waals surface area contributed by atoms with Gasteiger partial charge < -0.3 is 10.2 Å². The Morgan fingerprint density at radius 1 is 0.708 bits per heavy atom. The van der Waals surface area contributed by atoms with Crippen molar-refractivity contribution in [3.63, 3.8) is 0 Å². The van der Waals surface area contributed by atoms with Crippen LogP contribution < -0.4 is 0 Å². The highest BCUT2D eigenvalue weighted by Crippen LogP contribution is 2.39. The lowest BCUT2D eigenvalue weighted by molar-refractivity contribution is 0.463. The molecule has 0 atom stereocenters. The van der Waals surface area contributed by atoms with Crippen molar-refractivity contribution in [2.24, 2.45) is 10.2 Å². The fourth-order valence-electron chi connectivity index (χ4n) is 3.31. The minimum atomic E-state index is 0.106. The maximum atomic E-state index is 10.4. The van der Waals surface area contributed by atoms with Crippen molar-refractivity contribution in [2.75, 3.05) is 0 Å². The highest BCUT2D eigenvalue weighted by molar-refractivity contribution is 5.92. The number of hydrogen-bond donors (Lipinski definition) is 2. The van der Waals surface area contributed by atoms with Crippen LogP contribution >= 0.6 is 0 Å². The van der Waals surface area contributed by atoms with E-state index in [0.29, 0.717) is 11.4 Å². The summed E-state index contributed by atoms with van der Waals surface area (Å²) in [5.41, 5.74) is 3.03. The van der Waals surface area contributed by atoms with Crippen molar-refractivity contribution < 1.29 is 10.2 Å². The van der Waals surface area contributed by atoms with E-state index in [9.17, 15) is 10.2 Å². The molecule has 4 rings (SSSR count). The van der Waals surface area contributed by atoms with Gasteiger partial charge in [-0.1, -0.05) is 36.4 Å². The van der Waals surface area contributed by atoms with Gasteiger partial charge in [-0.2, -0.15) is 0 Å². The van der Waals surface area contributed by atoms with Gasteiger partial charge in [-0.25, -0.2) is 0 Å². The van der Waals surface area contributed by atoms with Crippen LogP contribution in [-0.2, 0) is 12.8 Å². The summed E-state index contributed by atoms with van der Waals surface area (Å²) >= 11 is 0. The fraction of sp³-hybridized carbons (Fsp3) is 0.200. The summed E-state index contributed by atoms with van der Waals surface area (Å²) < 4.78 is 0. The molecule has 1 aliphatic rings. The summed E-state index contributed by atoms with van der Waals surface area (Å²) in [5, 5.41) is 30.8. The van der Waals surface area contributed by atoms with E-state index in [2.05, 4.69) is 10.2 Å². The third-order valence-electron chi connectivity index (χ3n) is 4.63. The van der Waals surface area contributed by atoms with Crippen molar-refractivity contribution in [2.45, 2.75) is 25.7 Å². The van der Waals surface area contributed by atoms with E-state index < -0.39 is 0 Å². The third kappa shape index (κ3) is 2.50. The first-order valence-corrected chi connectivity index (χ1v) is 8.20. The zero-order chi connectivity index (χ0) is 16.5. The summed E-state index contributed by atoms with van der Waals surface area (Å²) in [6.45, 7) is 0. The van der Waals surface area contributed by atoms with E-state index in [1.807, 2.05) is 36.4 Å². The first kappa shape index (κ1) is 14.7. The highest BCUT2D eigenvalue weighted by atomic mass is 16.3. The monoisotopic (exact) mass is 318 g/mol. The minimum absolute atomic E-state index is 0.106. The molecule has 3 aromatic rings. The largest absolute Gasteiger partial charge is 0.505 e. The Morgan fingerprint density at radius 2 is 1.42 bits per heavy atom. The lowest BCUT2D eigenvalue weighted by Crippen LogP contribution is -2.02. The van der Waals surface area contributed by atoms with Gasteiger partial charge in [0, 0.05) is 5.39 Å². The van der Waals surface area contributed by atoms with Crippen LogP contribution in [0.1, 0.15) is 24.0 Å². The fourth-order valence-corrected chi connectivity index (χ4v) is 3.31. The van der Waals surface area contributed by atoms with Crippen molar-refractivity contribution in [1.82, 2.24) is 0 Å². The molecule has 120 valence electrons. The molecule has 0 unspecified atom stereocenters. The van der Waals surface area contributed by atoms with Crippen molar-refractivity contribution >= 4 is 22.1 Å². The van der Waals surface area contributed by atoms with Gasteiger partial charge in [-0.3, -0.25) is 0 Å². The first-order chi connectivity index (χ1) is 11.7. The average Bonchev–Trinajstić information content (AvgIpc) is 2.63. The lowest BCUT2D eigenvalue weighted by atomic mass is 9.90. The predicted octanol–water partition coefficient (Wildman–Crippen LogP) is 5.55. The van der Waals surface area contributed by atoms with Crippen LogP contribution in [0, 0.1) is 0 Å². The number of hydrogen-bond acceptors (Lipinski definition) is 4. The Morgan fingerprint density at radius 3 is 2.29 bits per heavy atom. The molecule has 0 radical (unpaired) electrons. The average molecular weight is 318 g/mol. The van der Waals surface area contributed by atoms with Crippen LogP contribution in [0.15, 0.2) is 58.8 Å². The summed E-state index contributed by atoms with van der Waals surface area (Å²) in [6, 6.07) is 15.0. The van der Waals surface area contributed by atoms with Crippen molar-refractivity contribution in [3.8, 4) is 11.5 Å². The molecular formula is C20H18N2O2. The number of nitrogens with zero attached hydrogens (tertiary/aromatic N) is 2. The SMILES string of the molecule is Oc1c(N=Nc2ccc3ccccc3c2O)ccc2c1CCCC2. The van der Waals surface area contributed by atoms with Gasteiger partial charge >= 0.3 is 0 Å². The van der Waals surface area contributed by atoms with Crippen LogP contribution in [0.2, 0.25) is 0 Å². The molecule has 0 saturated heterocycles. The number of phenolic OH excluding ortho intramolecular Hbond substituents is 2. The van der Waals surface area contributed by atoms with Gasteiger partial charge in [-0.05, 0) is 54.3 Å². The van der Waals surface area contributed by atoms with Gasteiger partial charge in [0.25, 0.3) is 0 Å². The first-order valence-electron chi connectivity index (χ1n) is 8.20. The quantitative estimate of drug-likeness (QED) is 0.609. The Hall–Kier alpha value is -2.88. The predicted molar refractivity (Wildman–Crippen MR) is 94.5 cm³/mol. The minimum Gasteiger partial charge on any atom is -0.505 e. The van der Waals surface area contributed by atoms with Crippen LogP contribution in [0.25, 0.3) is 10.8 Å².